The van der Waals surface area contributed by atoms with Gasteiger partial charge in [0.25, 0.3) is 0 Å². The summed E-state index contributed by atoms with van der Waals surface area (Å²) in [4.78, 5) is 34.6. The molecular formula is C35H40N4O7. The third kappa shape index (κ3) is 6.91. The summed E-state index contributed by atoms with van der Waals surface area (Å²) in [6.07, 6.45) is 4.93. The summed E-state index contributed by atoms with van der Waals surface area (Å²) >= 11 is 0. The highest BCUT2D eigenvalue weighted by atomic mass is 16.6. The van der Waals surface area contributed by atoms with E-state index in [-0.39, 0.29) is 18.1 Å². The summed E-state index contributed by atoms with van der Waals surface area (Å²) < 4.78 is 31.5. The molecular weight excluding hydrogens is 588 g/mol. The van der Waals surface area contributed by atoms with Crippen LogP contribution in [0, 0.1) is 0 Å². The molecule has 1 aliphatic heterocycles. The minimum atomic E-state index is -0.749. The SMILES string of the molecule is COC1(c2cc(O[C@H]3C[C@H](OCc4ccccc4)C3)cc(-c3cn(C(=O)OC(C)(C)C)c4cnc(NC(C)=O)cc34)n2)CCOC1. The Hall–Kier alpha value is -4.32. The van der Waals surface area contributed by atoms with Gasteiger partial charge in [-0.2, -0.15) is 0 Å². The topological polar surface area (TPSA) is 123 Å². The molecule has 0 bridgehead atoms. The summed E-state index contributed by atoms with van der Waals surface area (Å²) in [6, 6.07) is 15.6. The van der Waals surface area contributed by atoms with Crippen LogP contribution in [0.25, 0.3) is 22.2 Å². The Labute approximate surface area is 268 Å². The first-order valence-corrected chi connectivity index (χ1v) is 15.5. The molecule has 46 heavy (non-hydrogen) atoms. The quantitative estimate of drug-likeness (QED) is 0.230. The third-order valence-corrected chi connectivity index (χ3v) is 8.19. The Morgan fingerprint density at radius 1 is 1.11 bits per heavy atom. The highest BCUT2D eigenvalue weighted by Crippen LogP contribution is 2.40. The van der Waals surface area contributed by atoms with Crippen LogP contribution in [-0.4, -0.2) is 64.7 Å². The highest BCUT2D eigenvalue weighted by molar-refractivity contribution is 6.02. The van der Waals surface area contributed by atoms with E-state index in [4.69, 9.17) is 28.7 Å². The first-order valence-electron chi connectivity index (χ1n) is 15.5. The fraction of sp³-hybridized carbons (Fsp3) is 0.429. The van der Waals surface area contributed by atoms with E-state index >= 15 is 0 Å². The van der Waals surface area contributed by atoms with E-state index < -0.39 is 17.3 Å². The fourth-order valence-corrected chi connectivity index (χ4v) is 5.73. The van der Waals surface area contributed by atoms with Crippen molar-refractivity contribution in [2.45, 2.75) is 77.0 Å². The number of benzene rings is 1. The van der Waals surface area contributed by atoms with Crippen molar-refractivity contribution in [1.82, 2.24) is 14.5 Å². The molecule has 11 heteroatoms. The molecule has 1 saturated heterocycles. The molecule has 242 valence electrons. The summed E-state index contributed by atoms with van der Waals surface area (Å²) in [5, 5.41) is 3.39. The molecule has 6 rings (SSSR count). The summed E-state index contributed by atoms with van der Waals surface area (Å²) in [5.41, 5.74) is 2.07. The number of fused-ring (bicyclic) bond motifs is 1. The van der Waals surface area contributed by atoms with Crippen LogP contribution in [0.5, 0.6) is 5.75 Å². The van der Waals surface area contributed by atoms with Gasteiger partial charge in [0.15, 0.2) is 0 Å². The predicted molar refractivity (Wildman–Crippen MR) is 172 cm³/mol. The van der Waals surface area contributed by atoms with Crippen molar-refractivity contribution >= 4 is 28.7 Å². The molecule has 1 aliphatic carbocycles. The van der Waals surface area contributed by atoms with Gasteiger partial charge in [-0.25, -0.2) is 14.8 Å². The molecule has 0 spiro atoms. The lowest BCUT2D eigenvalue weighted by Gasteiger charge is -2.35. The predicted octanol–water partition coefficient (Wildman–Crippen LogP) is 6.23. The maximum absolute atomic E-state index is 13.3. The lowest BCUT2D eigenvalue weighted by Crippen LogP contribution is -2.39. The lowest BCUT2D eigenvalue weighted by molar-refractivity contribution is -0.114. The van der Waals surface area contributed by atoms with E-state index in [1.807, 2.05) is 51.1 Å². The smallest absolute Gasteiger partial charge is 0.419 e. The highest BCUT2D eigenvalue weighted by Gasteiger charge is 2.40. The Balaban J connectivity index is 1.35. The Bertz CT molecular complexity index is 1720. The van der Waals surface area contributed by atoms with E-state index in [2.05, 4.69) is 22.4 Å². The van der Waals surface area contributed by atoms with Gasteiger partial charge in [0.2, 0.25) is 5.91 Å². The first kappa shape index (κ1) is 31.7. The summed E-state index contributed by atoms with van der Waals surface area (Å²) in [5.74, 6) is 0.721. The summed E-state index contributed by atoms with van der Waals surface area (Å²) in [6.45, 7) is 8.31. The molecule has 1 N–H and O–H groups in total. The van der Waals surface area contributed by atoms with Crippen LogP contribution in [0.2, 0.25) is 0 Å². The molecule has 2 aliphatic rings. The van der Waals surface area contributed by atoms with Crippen LogP contribution in [0.3, 0.4) is 0 Å². The van der Waals surface area contributed by atoms with E-state index in [1.54, 1.807) is 25.6 Å². The van der Waals surface area contributed by atoms with Crippen LogP contribution >= 0.6 is 0 Å². The van der Waals surface area contributed by atoms with Gasteiger partial charge in [-0.3, -0.25) is 9.36 Å². The van der Waals surface area contributed by atoms with E-state index in [0.717, 1.165) is 18.4 Å². The monoisotopic (exact) mass is 628 g/mol. The molecule has 1 aromatic carbocycles. The zero-order chi connectivity index (χ0) is 32.5. The van der Waals surface area contributed by atoms with Gasteiger partial charge < -0.3 is 29.0 Å². The van der Waals surface area contributed by atoms with E-state index in [0.29, 0.717) is 65.7 Å². The molecule has 1 atom stereocenters. The van der Waals surface area contributed by atoms with E-state index in [9.17, 15) is 9.59 Å². The van der Waals surface area contributed by atoms with Crippen molar-refractivity contribution in [2.24, 2.45) is 0 Å². The number of nitrogens with one attached hydrogen (secondary N) is 1. The number of hydrogen-bond donors (Lipinski definition) is 1. The number of rotatable bonds is 9. The molecule has 2 fully saturated rings. The maximum atomic E-state index is 13.3. The van der Waals surface area contributed by atoms with Gasteiger partial charge in [-0.15, -0.1) is 0 Å². The number of aromatic nitrogens is 3. The Kier molecular flexibility index (Phi) is 8.82. The largest absolute Gasteiger partial charge is 0.490 e. The molecule has 3 aromatic heterocycles. The maximum Gasteiger partial charge on any atom is 0.419 e. The average molecular weight is 629 g/mol. The number of nitrogens with zero attached hydrogens (tertiary/aromatic N) is 3. The van der Waals surface area contributed by atoms with Crippen molar-refractivity contribution in [1.29, 1.82) is 0 Å². The third-order valence-electron chi connectivity index (χ3n) is 8.19. The van der Waals surface area contributed by atoms with Gasteiger partial charge in [-0.1, -0.05) is 30.3 Å². The normalized spacial score (nSPS) is 21.2. The number of ether oxygens (including phenoxy) is 5. The second-order valence-electron chi connectivity index (χ2n) is 12.9. The van der Waals surface area contributed by atoms with Crippen LogP contribution in [0.15, 0.2) is 60.9 Å². The molecule has 1 saturated carbocycles. The molecule has 1 unspecified atom stereocenters. The van der Waals surface area contributed by atoms with Crippen molar-refractivity contribution < 1.29 is 33.3 Å². The number of methoxy groups -OCH3 is 1. The molecule has 4 heterocycles. The van der Waals surface area contributed by atoms with Gasteiger partial charge >= 0.3 is 6.09 Å². The minimum absolute atomic E-state index is 0.0270. The van der Waals surface area contributed by atoms with Crippen LogP contribution < -0.4 is 10.1 Å². The number of anilines is 1. The zero-order valence-corrected chi connectivity index (χ0v) is 26.9. The second kappa shape index (κ2) is 12.8. The van der Waals surface area contributed by atoms with Crippen LogP contribution in [0.4, 0.5) is 10.6 Å². The van der Waals surface area contributed by atoms with Crippen molar-refractivity contribution in [2.75, 3.05) is 25.6 Å². The van der Waals surface area contributed by atoms with E-state index in [1.165, 1.54) is 11.5 Å². The van der Waals surface area contributed by atoms with Gasteiger partial charge in [-0.05, 0) is 32.4 Å². The standard InChI is InChI=1S/C35H40N4O7/c1-22(40)37-32-17-27-28(19-39(30(27)18-36-32)33(41)46-34(2,3)4)29-15-26(16-31(38-29)35(42-5)11-12-43-21-35)45-25-13-24(14-25)44-20-23-9-7-6-8-10-23/h6-10,15-19,24-25H,11-14,20-21H2,1-5H3,(H,36,37,40)/t24-,25-,35?. The van der Waals surface area contributed by atoms with Crippen molar-refractivity contribution in [3.8, 4) is 17.0 Å². The van der Waals surface area contributed by atoms with Crippen molar-refractivity contribution in [3.63, 3.8) is 0 Å². The van der Waals surface area contributed by atoms with Gasteiger partial charge in [0.05, 0.1) is 42.4 Å². The number of pyridine rings is 2. The van der Waals surface area contributed by atoms with Gasteiger partial charge in [0, 0.05) is 69.2 Å². The fourth-order valence-electron chi connectivity index (χ4n) is 5.73. The molecule has 4 aromatic rings. The number of amides is 1. The minimum Gasteiger partial charge on any atom is -0.490 e. The van der Waals surface area contributed by atoms with Crippen LogP contribution in [-0.2, 0) is 35.9 Å². The zero-order valence-electron chi connectivity index (χ0n) is 26.9. The Morgan fingerprint density at radius 2 is 1.89 bits per heavy atom. The number of carbonyl (C=O) groups is 2. The van der Waals surface area contributed by atoms with Crippen LogP contribution in [0.1, 0.15) is 58.2 Å². The lowest BCUT2D eigenvalue weighted by atomic mass is 9.91. The average Bonchev–Trinajstić information content (AvgIpc) is 3.63. The molecule has 1 amide bonds. The summed E-state index contributed by atoms with van der Waals surface area (Å²) in [7, 11) is 1.66. The molecule has 11 nitrogen and oxygen atoms in total. The first-order chi connectivity index (χ1) is 22.0. The Morgan fingerprint density at radius 3 is 2.57 bits per heavy atom. The second-order valence-corrected chi connectivity index (χ2v) is 12.9. The number of carbonyl (C=O) groups excluding carboxylic acids is 2. The number of hydrogen-bond acceptors (Lipinski definition) is 9. The molecule has 0 radical (unpaired) electrons. The van der Waals surface area contributed by atoms with Crippen molar-refractivity contribution in [3.05, 3.63) is 72.2 Å². The van der Waals surface area contributed by atoms with Gasteiger partial charge in [0.1, 0.15) is 28.9 Å².